The quantitative estimate of drug-likeness (QED) is 0.528. The van der Waals surface area contributed by atoms with Crippen LogP contribution in [0.25, 0.3) is 0 Å². The van der Waals surface area contributed by atoms with E-state index in [-0.39, 0.29) is 4.83 Å². The number of rotatable bonds is 8. The summed E-state index contributed by atoms with van der Waals surface area (Å²) >= 11 is 3.13. The molecule has 0 heterocycles. The summed E-state index contributed by atoms with van der Waals surface area (Å²) in [6.45, 7) is 2.19. The van der Waals surface area contributed by atoms with Gasteiger partial charge in [0, 0.05) is 0 Å². The van der Waals surface area contributed by atoms with Gasteiger partial charge in [-0.05, 0) is 6.42 Å². The molecule has 0 aliphatic rings. The van der Waals surface area contributed by atoms with Crippen LogP contribution in [0.15, 0.2) is 0 Å². The Labute approximate surface area is 88.8 Å². The van der Waals surface area contributed by atoms with Crippen LogP contribution < -0.4 is 0 Å². The zero-order valence-corrected chi connectivity index (χ0v) is 9.85. The lowest BCUT2D eigenvalue weighted by Crippen LogP contribution is -2.11. The summed E-state index contributed by atoms with van der Waals surface area (Å²) in [5.74, 6) is -0.742. The number of aliphatic carboxylic acids is 1. The fourth-order valence-corrected chi connectivity index (χ4v) is 1.55. The molecule has 0 aliphatic heterocycles. The van der Waals surface area contributed by atoms with Crippen molar-refractivity contribution in [2.45, 2.75) is 56.7 Å². The van der Waals surface area contributed by atoms with Crippen LogP contribution in [0.3, 0.4) is 0 Å². The third kappa shape index (κ3) is 8.28. The lowest BCUT2D eigenvalue weighted by atomic mass is 10.1. The van der Waals surface area contributed by atoms with Crippen molar-refractivity contribution < 1.29 is 9.90 Å². The Balaban J connectivity index is 3.11. The van der Waals surface area contributed by atoms with Gasteiger partial charge < -0.3 is 5.11 Å². The number of carboxylic acids is 1. The van der Waals surface area contributed by atoms with Crippen LogP contribution in [0.2, 0.25) is 0 Å². The van der Waals surface area contributed by atoms with E-state index in [9.17, 15) is 4.79 Å². The zero-order chi connectivity index (χ0) is 10.1. The van der Waals surface area contributed by atoms with Crippen LogP contribution >= 0.6 is 15.9 Å². The second-order valence-corrected chi connectivity index (χ2v) is 4.47. The van der Waals surface area contributed by atoms with Crippen LogP contribution in [-0.4, -0.2) is 15.9 Å². The third-order valence-corrected chi connectivity index (χ3v) is 2.93. The molecule has 0 saturated heterocycles. The van der Waals surface area contributed by atoms with E-state index in [1.54, 1.807) is 0 Å². The van der Waals surface area contributed by atoms with Crippen molar-refractivity contribution in [2.75, 3.05) is 0 Å². The van der Waals surface area contributed by atoms with Crippen LogP contribution in [0, 0.1) is 0 Å². The van der Waals surface area contributed by atoms with Gasteiger partial charge in [-0.25, -0.2) is 0 Å². The van der Waals surface area contributed by atoms with Gasteiger partial charge in [0.05, 0.1) is 0 Å². The highest BCUT2D eigenvalue weighted by Gasteiger charge is 2.11. The molecule has 0 saturated carbocycles. The molecule has 0 unspecified atom stereocenters. The monoisotopic (exact) mass is 250 g/mol. The maximum atomic E-state index is 10.4. The highest BCUT2D eigenvalue weighted by molar-refractivity contribution is 9.10. The molecule has 0 bridgehead atoms. The highest BCUT2D eigenvalue weighted by atomic mass is 79.9. The smallest absolute Gasteiger partial charge is 0.317 e. The second-order valence-electron chi connectivity index (χ2n) is 3.36. The van der Waals surface area contributed by atoms with Gasteiger partial charge >= 0.3 is 5.97 Å². The van der Waals surface area contributed by atoms with Crippen molar-refractivity contribution in [3.05, 3.63) is 0 Å². The molecule has 0 spiro atoms. The van der Waals surface area contributed by atoms with Gasteiger partial charge in [-0.1, -0.05) is 61.4 Å². The topological polar surface area (TPSA) is 37.3 Å². The predicted molar refractivity (Wildman–Crippen MR) is 58.3 cm³/mol. The van der Waals surface area contributed by atoms with Crippen molar-refractivity contribution in [1.29, 1.82) is 0 Å². The summed E-state index contributed by atoms with van der Waals surface area (Å²) in [7, 11) is 0. The van der Waals surface area contributed by atoms with Gasteiger partial charge in [0.25, 0.3) is 0 Å². The molecule has 2 nitrogen and oxygen atoms in total. The summed E-state index contributed by atoms with van der Waals surface area (Å²) < 4.78 is 0. The highest BCUT2D eigenvalue weighted by Crippen LogP contribution is 2.13. The molecule has 78 valence electrons. The molecule has 13 heavy (non-hydrogen) atoms. The van der Waals surface area contributed by atoms with Crippen LogP contribution in [0.1, 0.15) is 51.9 Å². The number of hydrogen-bond donors (Lipinski definition) is 1. The van der Waals surface area contributed by atoms with Crippen molar-refractivity contribution in [3.63, 3.8) is 0 Å². The van der Waals surface area contributed by atoms with Crippen LogP contribution in [0.4, 0.5) is 0 Å². The maximum Gasteiger partial charge on any atom is 0.317 e. The van der Waals surface area contributed by atoms with E-state index in [2.05, 4.69) is 22.9 Å². The molecule has 0 aromatic heterocycles. The fourth-order valence-electron chi connectivity index (χ4n) is 1.23. The lowest BCUT2D eigenvalue weighted by Gasteiger charge is -2.03. The molecule has 0 amide bonds. The summed E-state index contributed by atoms with van der Waals surface area (Å²) in [4.78, 5) is 10.1. The first-order valence-corrected chi connectivity index (χ1v) is 5.97. The summed E-state index contributed by atoms with van der Waals surface area (Å²) in [6.07, 6.45) is 8.03. The molecule has 1 atom stereocenters. The molecule has 0 aromatic carbocycles. The maximum absolute atomic E-state index is 10.4. The summed E-state index contributed by atoms with van der Waals surface area (Å²) in [5.41, 5.74) is 0. The first-order chi connectivity index (χ1) is 6.18. The minimum absolute atomic E-state index is 0.348. The average molecular weight is 251 g/mol. The number of unbranched alkanes of at least 4 members (excludes halogenated alkanes) is 5. The van der Waals surface area contributed by atoms with E-state index < -0.39 is 5.97 Å². The molecule has 0 aromatic rings. The number of hydrogen-bond acceptors (Lipinski definition) is 1. The molecule has 1 N–H and O–H groups in total. The number of carboxylic acid groups (broad SMARTS) is 1. The van der Waals surface area contributed by atoms with Crippen LogP contribution in [0.5, 0.6) is 0 Å². The standard InChI is InChI=1S/C10H19BrO2/c1-2-3-4-5-6-7-8-9(11)10(12)13/h9H,2-8H2,1H3,(H,12,13)/t9-/m0/s1. The first-order valence-electron chi connectivity index (χ1n) is 5.05. The Morgan fingerprint density at radius 3 is 2.31 bits per heavy atom. The van der Waals surface area contributed by atoms with Crippen molar-refractivity contribution in [1.82, 2.24) is 0 Å². The molecular weight excluding hydrogens is 232 g/mol. The van der Waals surface area contributed by atoms with E-state index >= 15 is 0 Å². The molecule has 0 fully saturated rings. The second kappa shape index (κ2) is 8.54. The van der Waals surface area contributed by atoms with Crippen LogP contribution in [-0.2, 0) is 4.79 Å². The normalized spacial score (nSPS) is 12.8. The predicted octanol–water partition coefficient (Wildman–Crippen LogP) is 3.59. The van der Waals surface area contributed by atoms with Gasteiger partial charge in [0.15, 0.2) is 0 Å². The molecular formula is C10H19BrO2. The largest absolute Gasteiger partial charge is 0.480 e. The van der Waals surface area contributed by atoms with Crippen molar-refractivity contribution in [3.8, 4) is 0 Å². The molecule has 0 radical (unpaired) electrons. The van der Waals surface area contributed by atoms with Crippen molar-refractivity contribution in [2.24, 2.45) is 0 Å². The minimum atomic E-state index is -0.742. The van der Waals surface area contributed by atoms with E-state index in [0.717, 1.165) is 19.3 Å². The Hall–Kier alpha value is -0.0500. The lowest BCUT2D eigenvalue weighted by molar-refractivity contribution is -0.136. The Morgan fingerprint density at radius 1 is 1.23 bits per heavy atom. The van der Waals surface area contributed by atoms with Gasteiger partial charge in [-0.3, -0.25) is 4.79 Å². The van der Waals surface area contributed by atoms with Gasteiger partial charge in [-0.15, -0.1) is 0 Å². The SMILES string of the molecule is CCCCCCCC[C@H](Br)C(=O)O. The number of alkyl halides is 1. The fraction of sp³-hybridized carbons (Fsp3) is 0.900. The van der Waals surface area contributed by atoms with E-state index in [0.29, 0.717) is 0 Å². The Morgan fingerprint density at radius 2 is 1.77 bits per heavy atom. The van der Waals surface area contributed by atoms with Gasteiger partial charge in [0.1, 0.15) is 4.83 Å². The Kier molecular flexibility index (Phi) is 8.51. The van der Waals surface area contributed by atoms with E-state index in [1.165, 1.54) is 25.7 Å². The zero-order valence-electron chi connectivity index (χ0n) is 8.26. The minimum Gasteiger partial charge on any atom is -0.480 e. The first kappa shape index (κ1) is 12.9. The summed E-state index contributed by atoms with van der Waals surface area (Å²) in [6, 6.07) is 0. The van der Waals surface area contributed by atoms with Crippen molar-refractivity contribution >= 4 is 21.9 Å². The average Bonchev–Trinajstić information content (AvgIpc) is 2.10. The van der Waals surface area contributed by atoms with E-state index in [1.807, 2.05) is 0 Å². The molecule has 0 aliphatic carbocycles. The number of carbonyl (C=O) groups is 1. The summed E-state index contributed by atoms with van der Waals surface area (Å²) in [5, 5.41) is 8.58. The third-order valence-electron chi connectivity index (χ3n) is 2.08. The Bertz CT molecular complexity index is 137. The molecule has 3 heteroatoms. The van der Waals surface area contributed by atoms with Gasteiger partial charge in [0.2, 0.25) is 0 Å². The molecule has 0 rings (SSSR count). The number of halogens is 1. The van der Waals surface area contributed by atoms with Gasteiger partial charge in [-0.2, -0.15) is 0 Å². The van der Waals surface area contributed by atoms with E-state index in [4.69, 9.17) is 5.11 Å².